The van der Waals surface area contributed by atoms with E-state index in [9.17, 15) is 9.59 Å². The first-order valence-corrected chi connectivity index (χ1v) is 7.90. The first-order valence-electron chi connectivity index (χ1n) is 7.90. The summed E-state index contributed by atoms with van der Waals surface area (Å²) < 4.78 is 0. The van der Waals surface area contributed by atoms with Crippen LogP contribution in [0.2, 0.25) is 0 Å². The highest BCUT2D eigenvalue weighted by Gasteiger charge is 2.55. The van der Waals surface area contributed by atoms with E-state index in [1.807, 2.05) is 6.08 Å². The van der Waals surface area contributed by atoms with Gasteiger partial charge in [0.1, 0.15) is 5.78 Å². The first kappa shape index (κ1) is 15.5. The Bertz CT molecular complexity index is 458. The predicted octanol–water partition coefficient (Wildman–Crippen LogP) is 4.33. The minimum atomic E-state index is 0.0348. The Labute approximate surface area is 123 Å². The van der Waals surface area contributed by atoms with Gasteiger partial charge in [0.15, 0.2) is 5.78 Å². The fraction of sp³-hybridized carbons (Fsp3) is 0.778. The van der Waals surface area contributed by atoms with Crippen LogP contribution in [0.3, 0.4) is 0 Å². The summed E-state index contributed by atoms with van der Waals surface area (Å²) in [6.07, 6.45) is 6.83. The molecule has 0 aromatic rings. The van der Waals surface area contributed by atoms with Gasteiger partial charge in [-0.05, 0) is 55.9 Å². The van der Waals surface area contributed by atoms with Crippen LogP contribution in [0.25, 0.3) is 0 Å². The molecule has 0 bridgehead atoms. The quantitative estimate of drug-likeness (QED) is 0.768. The molecule has 0 aliphatic heterocycles. The maximum absolute atomic E-state index is 12.6. The fourth-order valence-corrected chi connectivity index (χ4v) is 5.03. The van der Waals surface area contributed by atoms with Crippen molar-refractivity contribution in [3.8, 4) is 0 Å². The maximum atomic E-state index is 12.6. The van der Waals surface area contributed by atoms with Gasteiger partial charge in [0.05, 0.1) is 0 Å². The largest absolute Gasteiger partial charge is 0.300 e. The second-order valence-electron chi connectivity index (χ2n) is 7.86. The number of hydrogen-bond donors (Lipinski definition) is 0. The third-order valence-electron chi connectivity index (χ3n) is 5.76. The molecule has 0 saturated heterocycles. The fourth-order valence-electron chi connectivity index (χ4n) is 5.03. The Morgan fingerprint density at radius 3 is 2.55 bits per heavy atom. The van der Waals surface area contributed by atoms with Crippen LogP contribution in [-0.4, -0.2) is 11.6 Å². The summed E-state index contributed by atoms with van der Waals surface area (Å²) >= 11 is 0. The molecule has 2 aliphatic rings. The molecule has 1 fully saturated rings. The smallest absolute Gasteiger partial charge is 0.159 e. The van der Waals surface area contributed by atoms with Crippen molar-refractivity contribution in [1.82, 2.24) is 0 Å². The lowest BCUT2D eigenvalue weighted by molar-refractivity contribution is -0.136. The first-order chi connectivity index (χ1) is 9.18. The standard InChI is InChI=1S/C18H28O2/c1-12-11-15(20)16-17(3,4)9-6-10-18(16,5)14(12)8-7-13(2)19/h11,14,16H,6-10H2,1-5H3/t14-,16-,18+/m0/s1. The highest BCUT2D eigenvalue weighted by Crippen LogP contribution is 2.59. The number of carbonyl (C=O) groups is 2. The highest BCUT2D eigenvalue weighted by molar-refractivity contribution is 5.95. The minimum absolute atomic E-state index is 0.0348. The summed E-state index contributed by atoms with van der Waals surface area (Å²) in [4.78, 5) is 24.0. The molecule has 0 radical (unpaired) electrons. The van der Waals surface area contributed by atoms with E-state index in [0.717, 1.165) is 19.3 Å². The van der Waals surface area contributed by atoms with Crippen LogP contribution in [0, 0.1) is 22.7 Å². The van der Waals surface area contributed by atoms with Crippen LogP contribution < -0.4 is 0 Å². The number of fused-ring (bicyclic) bond motifs is 1. The van der Waals surface area contributed by atoms with Gasteiger partial charge in [-0.2, -0.15) is 0 Å². The number of ketones is 2. The third-order valence-corrected chi connectivity index (χ3v) is 5.76. The van der Waals surface area contributed by atoms with Crippen LogP contribution in [0.1, 0.15) is 66.7 Å². The van der Waals surface area contributed by atoms with Crippen molar-refractivity contribution in [2.75, 3.05) is 0 Å². The van der Waals surface area contributed by atoms with Crippen molar-refractivity contribution in [3.63, 3.8) is 0 Å². The molecule has 0 aromatic heterocycles. The molecule has 2 heteroatoms. The highest BCUT2D eigenvalue weighted by atomic mass is 16.1. The van der Waals surface area contributed by atoms with Gasteiger partial charge in [-0.15, -0.1) is 0 Å². The van der Waals surface area contributed by atoms with E-state index in [2.05, 4.69) is 27.7 Å². The van der Waals surface area contributed by atoms with Gasteiger partial charge in [0.2, 0.25) is 0 Å². The van der Waals surface area contributed by atoms with E-state index in [1.165, 1.54) is 12.0 Å². The molecule has 20 heavy (non-hydrogen) atoms. The lowest BCUT2D eigenvalue weighted by Gasteiger charge is -2.55. The van der Waals surface area contributed by atoms with E-state index in [0.29, 0.717) is 18.1 Å². The van der Waals surface area contributed by atoms with Crippen molar-refractivity contribution in [3.05, 3.63) is 11.6 Å². The average molecular weight is 276 g/mol. The summed E-state index contributed by atoms with van der Waals surface area (Å²) in [6.45, 7) is 10.5. The summed E-state index contributed by atoms with van der Waals surface area (Å²) in [5.74, 6) is 1.07. The Morgan fingerprint density at radius 2 is 1.95 bits per heavy atom. The van der Waals surface area contributed by atoms with Crippen molar-refractivity contribution in [2.45, 2.75) is 66.7 Å². The van der Waals surface area contributed by atoms with E-state index in [4.69, 9.17) is 0 Å². The van der Waals surface area contributed by atoms with Gasteiger partial charge in [-0.1, -0.05) is 32.8 Å². The molecule has 1 saturated carbocycles. The Kier molecular flexibility index (Phi) is 3.96. The van der Waals surface area contributed by atoms with E-state index >= 15 is 0 Å². The zero-order chi connectivity index (χ0) is 15.1. The number of Topliss-reactive ketones (excluding diaryl/α,β-unsaturated/α-hetero) is 1. The molecular weight excluding hydrogens is 248 g/mol. The molecule has 0 N–H and O–H groups in total. The molecule has 2 aliphatic carbocycles. The van der Waals surface area contributed by atoms with E-state index in [-0.39, 0.29) is 22.5 Å². The molecule has 2 nitrogen and oxygen atoms in total. The van der Waals surface area contributed by atoms with Crippen LogP contribution in [0.4, 0.5) is 0 Å². The Balaban J connectivity index is 2.39. The summed E-state index contributed by atoms with van der Waals surface area (Å²) in [5.41, 5.74) is 1.30. The van der Waals surface area contributed by atoms with Gasteiger partial charge in [-0.25, -0.2) is 0 Å². The summed E-state index contributed by atoms with van der Waals surface area (Å²) in [5, 5.41) is 0. The third kappa shape index (κ3) is 2.49. The average Bonchev–Trinajstić information content (AvgIpc) is 2.25. The molecule has 3 atom stereocenters. The van der Waals surface area contributed by atoms with Gasteiger partial charge in [0, 0.05) is 12.3 Å². The summed E-state index contributed by atoms with van der Waals surface area (Å²) in [7, 11) is 0. The van der Waals surface area contributed by atoms with Crippen molar-refractivity contribution < 1.29 is 9.59 Å². The second-order valence-corrected chi connectivity index (χ2v) is 7.86. The molecule has 0 unspecified atom stereocenters. The monoisotopic (exact) mass is 276 g/mol. The second kappa shape index (κ2) is 5.13. The zero-order valence-electron chi connectivity index (χ0n) is 13.6. The Morgan fingerprint density at radius 1 is 1.30 bits per heavy atom. The van der Waals surface area contributed by atoms with Crippen LogP contribution in [-0.2, 0) is 9.59 Å². The van der Waals surface area contributed by atoms with Crippen LogP contribution >= 0.6 is 0 Å². The van der Waals surface area contributed by atoms with Gasteiger partial charge >= 0.3 is 0 Å². The predicted molar refractivity (Wildman–Crippen MR) is 81.4 cm³/mol. The van der Waals surface area contributed by atoms with Crippen molar-refractivity contribution in [1.29, 1.82) is 0 Å². The van der Waals surface area contributed by atoms with Crippen molar-refractivity contribution >= 4 is 11.6 Å². The molecule has 0 heterocycles. The number of carbonyl (C=O) groups excluding carboxylic acids is 2. The molecule has 0 amide bonds. The lowest BCUT2D eigenvalue weighted by atomic mass is 9.48. The van der Waals surface area contributed by atoms with E-state index < -0.39 is 0 Å². The number of allylic oxidation sites excluding steroid dienone is 2. The number of hydrogen-bond acceptors (Lipinski definition) is 2. The Hall–Kier alpha value is -0.920. The minimum Gasteiger partial charge on any atom is -0.300 e. The molecule has 2 rings (SSSR count). The maximum Gasteiger partial charge on any atom is 0.159 e. The topological polar surface area (TPSA) is 34.1 Å². The molecular formula is C18H28O2. The molecule has 0 spiro atoms. The SMILES string of the molecule is CC(=O)CC[C@H]1C(C)=CC(=O)[C@H]2C(C)(C)CCC[C@]12C. The van der Waals surface area contributed by atoms with Gasteiger partial charge < -0.3 is 4.79 Å². The van der Waals surface area contributed by atoms with Gasteiger partial charge in [-0.3, -0.25) is 4.79 Å². The molecule has 112 valence electrons. The van der Waals surface area contributed by atoms with Crippen molar-refractivity contribution in [2.24, 2.45) is 22.7 Å². The summed E-state index contributed by atoms with van der Waals surface area (Å²) in [6, 6.07) is 0. The van der Waals surface area contributed by atoms with Crippen LogP contribution in [0.5, 0.6) is 0 Å². The molecule has 0 aromatic carbocycles. The lowest BCUT2D eigenvalue weighted by Crippen LogP contribution is -2.52. The normalized spacial score (nSPS) is 36.2. The number of rotatable bonds is 3. The van der Waals surface area contributed by atoms with E-state index in [1.54, 1.807) is 6.92 Å². The zero-order valence-corrected chi connectivity index (χ0v) is 13.6. The van der Waals surface area contributed by atoms with Crippen LogP contribution in [0.15, 0.2) is 11.6 Å². The van der Waals surface area contributed by atoms with Gasteiger partial charge in [0.25, 0.3) is 0 Å².